The van der Waals surface area contributed by atoms with Gasteiger partial charge in [-0.1, -0.05) is 18.9 Å². The molecule has 1 amide bonds. The maximum atomic E-state index is 12.1. The summed E-state index contributed by atoms with van der Waals surface area (Å²) >= 11 is 0. The molecule has 0 radical (unpaired) electrons. The standard InChI is InChI=1S/C16H24N2O3/c1-18(16(19)6-4-2-3-5-9-17)11-13-7-8-14-15(10-13)21-12-20-14/h7-8,10H,2-6,9,11-12,17H2,1H3. The highest BCUT2D eigenvalue weighted by atomic mass is 16.7. The van der Waals surface area contributed by atoms with E-state index in [2.05, 4.69) is 0 Å². The Morgan fingerprint density at radius 2 is 1.95 bits per heavy atom. The van der Waals surface area contributed by atoms with Gasteiger partial charge in [-0.05, 0) is 37.1 Å². The van der Waals surface area contributed by atoms with Crippen LogP contribution in [0.3, 0.4) is 0 Å². The number of carbonyl (C=O) groups excluding carboxylic acids is 1. The molecule has 0 aromatic heterocycles. The van der Waals surface area contributed by atoms with E-state index in [0.717, 1.165) is 49.3 Å². The van der Waals surface area contributed by atoms with Crippen molar-refractivity contribution in [2.45, 2.75) is 38.6 Å². The minimum atomic E-state index is 0.181. The van der Waals surface area contributed by atoms with Crippen molar-refractivity contribution in [1.29, 1.82) is 0 Å². The van der Waals surface area contributed by atoms with Gasteiger partial charge in [-0.2, -0.15) is 0 Å². The zero-order valence-corrected chi connectivity index (χ0v) is 12.6. The molecule has 0 atom stereocenters. The van der Waals surface area contributed by atoms with Crippen molar-refractivity contribution in [2.75, 3.05) is 20.4 Å². The third-order valence-electron chi connectivity index (χ3n) is 3.63. The Balaban J connectivity index is 1.75. The molecule has 0 bridgehead atoms. The van der Waals surface area contributed by atoms with E-state index in [1.54, 1.807) is 4.90 Å². The smallest absolute Gasteiger partial charge is 0.231 e. The van der Waals surface area contributed by atoms with Crippen molar-refractivity contribution in [3.8, 4) is 11.5 Å². The predicted octanol–water partition coefficient (Wildman–Crippen LogP) is 2.28. The van der Waals surface area contributed by atoms with Crippen molar-refractivity contribution in [3.05, 3.63) is 23.8 Å². The molecular weight excluding hydrogens is 268 g/mol. The van der Waals surface area contributed by atoms with E-state index in [1.807, 2.05) is 25.2 Å². The molecule has 116 valence electrons. The molecule has 0 fully saturated rings. The van der Waals surface area contributed by atoms with Gasteiger partial charge in [0.05, 0.1) is 0 Å². The average molecular weight is 292 g/mol. The first kappa shape index (κ1) is 15.6. The molecule has 1 aromatic rings. The number of amides is 1. The molecule has 1 aliphatic rings. The maximum absolute atomic E-state index is 12.1. The van der Waals surface area contributed by atoms with E-state index in [9.17, 15) is 4.79 Å². The number of ether oxygens (including phenoxy) is 2. The third-order valence-corrected chi connectivity index (χ3v) is 3.63. The first-order valence-corrected chi connectivity index (χ1v) is 7.53. The van der Waals surface area contributed by atoms with Crippen LogP contribution < -0.4 is 15.2 Å². The first-order chi connectivity index (χ1) is 10.2. The van der Waals surface area contributed by atoms with Crippen LogP contribution in [0.4, 0.5) is 0 Å². The number of rotatable bonds is 8. The van der Waals surface area contributed by atoms with Crippen LogP contribution in [-0.2, 0) is 11.3 Å². The molecule has 5 heteroatoms. The van der Waals surface area contributed by atoms with Crippen molar-refractivity contribution in [1.82, 2.24) is 4.90 Å². The highest BCUT2D eigenvalue weighted by molar-refractivity contribution is 5.75. The van der Waals surface area contributed by atoms with E-state index in [4.69, 9.17) is 15.2 Å². The van der Waals surface area contributed by atoms with Crippen LogP contribution in [0.5, 0.6) is 11.5 Å². The van der Waals surface area contributed by atoms with Crippen LogP contribution in [0, 0.1) is 0 Å². The number of unbranched alkanes of at least 4 members (excludes halogenated alkanes) is 3. The van der Waals surface area contributed by atoms with Crippen LogP contribution in [-0.4, -0.2) is 31.2 Å². The second-order valence-corrected chi connectivity index (χ2v) is 5.39. The fourth-order valence-electron chi connectivity index (χ4n) is 2.37. The van der Waals surface area contributed by atoms with Crippen LogP contribution in [0.2, 0.25) is 0 Å². The molecule has 0 spiro atoms. The van der Waals surface area contributed by atoms with E-state index in [-0.39, 0.29) is 12.7 Å². The molecule has 1 aromatic carbocycles. The van der Waals surface area contributed by atoms with Crippen molar-refractivity contribution in [2.24, 2.45) is 5.73 Å². The average Bonchev–Trinajstić information content (AvgIpc) is 2.94. The summed E-state index contributed by atoms with van der Waals surface area (Å²) in [5.74, 6) is 1.71. The van der Waals surface area contributed by atoms with Crippen LogP contribution in [0.15, 0.2) is 18.2 Å². The maximum Gasteiger partial charge on any atom is 0.231 e. The fourth-order valence-corrected chi connectivity index (χ4v) is 2.37. The normalized spacial score (nSPS) is 12.5. The number of hydrogen-bond acceptors (Lipinski definition) is 4. The molecule has 1 heterocycles. The van der Waals surface area contributed by atoms with Crippen LogP contribution in [0.25, 0.3) is 0 Å². The molecular formula is C16H24N2O3. The van der Waals surface area contributed by atoms with Gasteiger partial charge in [0, 0.05) is 20.0 Å². The first-order valence-electron chi connectivity index (χ1n) is 7.53. The number of carbonyl (C=O) groups is 1. The summed E-state index contributed by atoms with van der Waals surface area (Å²) in [5.41, 5.74) is 6.50. The number of fused-ring (bicyclic) bond motifs is 1. The summed E-state index contributed by atoms with van der Waals surface area (Å²) in [5, 5.41) is 0. The zero-order chi connectivity index (χ0) is 15.1. The molecule has 0 aliphatic carbocycles. The van der Waals surface area contributed by atoms with Gasteiger partial charge in [-0.3, -0.25) is 4.79 Å². The van der Waals surface area contributed by atoms with Crippen LogP contribution >= 0.6 is 0 Å². The van der Waals surface area contributed by atoms with Crippen molar-refractivity contribution in [3.63, 3.8) is 0 Å². The molecule has 0 saturated heterocycles. The lowest BCUT2D eigenvalue weighted by atomic mass is 10.1. The van der Waals surface area contributed by atoms with Gasteiger partial charge in [-0.25, -0.2) is 0 Å². The summed E-state index contributed by atoms with van der Waals surface area (Å²) < 4.78 is 10.6. The highest BCUT2D eigenvalue weighted by Crippen LogP contribution is 2.32. The second-order valence-electron chi connectivity index (χ2n) is 5.39. The van der Waals surface area contributed by atoms with Gasteiger partial charge >= 0.3 is 0 Å². The lowest BCUT2D eigenvalue weighted by molar-refractivity contribution is -0.130. The van der Waals surface area contributed by atoms with Crippen LogP contribution in [0.1, 0.15) is 37.7 Å². The third kappa shape index (κ3) is 4.63. The summed E-state index contributed by atoms with van der Waals surface area (Å²) in [4.78, 5) is 13.8. The number of nitrogens with two attached hydrogens (primary N) is 1. The molecule has 2 N–H and O–H groups in total. The quantitative estimate of drug-likeness (QED) is 0.747. The minimum absolute atomic E-state index is 0.181. The molecule has 5 nitrogen and oxygen atoms in total. The Hall–Kier alpha value is -1.75. The van der Waals surface area contributed by atoms with Gasteiger partial charge in [0.25, 0.3) is 0 Å². The predicted molar refractivity (Wildman–Crippen MR) is 81.2 cm³/mol. The second kappa shape index (κ2) is 7.88. The van der Waals surface area contributed by atoms with Gasteiger partial charge in [-0.15, -0.1) is 0 Å². The topological polar surface area (TPSA) is 64.8 Å². The fraction of sp³-hybridized carbons (Fsp3) is 0.562. The van der Waals surface area contributed by atoms with E-state index < -0.39 is 0 Å². The molecule has 0 unspecified atom stereocenters. The zero-order valence-electron chi connectivity index (χ0n) is 12.6. The van der Waals surface area contributed by atoms with Crippen molar-refractivity contribution < 1.29 is 14.3 Å². The SMILES string of the molecule is CN(Cc1ccc2c(c1)OCO2)C(=O)CCCCCCN. The van der Waals surface area contributed by atoms with Gasteiger partial charge in [0.1, 0.15) is 0 Å². The monoisotopic (exact) mass is 292 g/mol. The van der Waals surface area contributed by atoms with Gasteiger partial charge in [0.15, 0.2) is 11.5 Å². The Morgan fingerprint density at radius 1 is 1.19 bits per heavy atom. The Kier molecular flexibility index (Phi) is 5.87. The Bertz CT molecular complexity index is 477. The molecule has 21 heavy (non-hydrogen) atoms. The summed E-state index contributed by atoms with van der Waals surface area (Å²) in [7, 11) is 1.84. The lowest BCUT2D eigenvalue weighted by Crippen LogP contribution is -2.25. The molecule has 2 rings (SSSR count). The highest BCUT2D eigenvalue weighted by Gasteiger charge is 2.15. The van der Waals surface area contributed by atoms with E-state index >= 15 is 0 Å². The molecule has 0 saturated carbocycles. The largest absolute Gasteiger partial charge is 0.454 e. The van der Waals surface area contributed by atoms with E-state index in [1.165, 1.54) is 0 Å². The molecule has 1 aliphatic heterocycles. The van der Waals surface area contributed by atoms with Gasteiger partial charge < -0.3 is 20.1 Å². The van der Waals surface area contributed by atoms with Gasteiger partial charge in [0.2, 0.25) is 12.7 Å². The summed E-state index contributed by atoms with van der Waals surface area (Å²) in [6.07, 6.45) is 4.76. The summed E-state index contributed by atoms with van der Waals surface area (Å²) in [6.45, 7) is 1.60. The minimum Gasteiger partial charge on any atom is -0.454 e. The summed E-state index contributed by atoms with van der Waals surface area (Å²) in [6, 6.07) is 5.80. The van der Waals surface area contributed by atoms with Crippen molar-refractivity contribution >= 4 is 5.91 Å². The number of nitrogens with zero attached hydrogens (tertiary/aromatic N) is 1. The Morgan fingerprint density at radius 3 is 2.76 bits per heavy atom. The Labute approximate surface area is 126 Å². The number of hydrogen-bond donors (Lipinski definition) is 1. The lowest BCUT2D eigenvalue weighted by Gasteiger charge is -2.17. The van der Waals surface area contributed by atoms with E-state index in [0.29, 0.717) is 13.0 Å². The number of benzene rings is 1.